The fourth-order valence-electron chi connectivity index (χ4n) is 3.24. The summed E-state index contributed by atoms with van der Waals surface area (Å²) in [6.45, 7) is 6.27. The third-order valence-corrected chi connectivity index (χ3v) is 4.42. The molecule has 0 radical (unpaired) electrons. The van der Waals surface area contributed by atoms with Crippen molar-refractivity contribution in [3.05, 3.63) is 0 Å². The number of hydrogen-bond donors (Lipinski definition) is 2. The van der Waals surface area contributed by atoms with E-state index in [4.69, 9.17) is 10.5 Å². The van der Waals surface area contributed by atoms with Crippen LogP contribution in [0.25, 0.3) is 0 Å². The van der Waals surface area contributed by atoms with Gasteiger partial charge in [0.05, 0.1) is 19.3 Å². The van der Waals surface area contributed by atoms with Crippen LogP contribution in [-0.4, -0.2) is 54.5 Å². The van der Waals surface area contributed by atoms with E-state index in [9.17, 15) is 5.11 Å². The fourth-order valence-corrected chi connectivity index (χ4v) is 3.24. The van der Waals surface area contributed by atoms with Gasteiger partial charge < -0.3 is 15.6 Å². The van der Waals surface area contributed by atoms with E-state index in [1.165, 1.54) is 12.8 Å². The molecule has 0 spiro atoms. The van der Waals surface area contributed by atoms with Gasteiger partial charge in [-0.1, -0.05) is 6.42 Å². The van der Waals surface area contributed by atoms with Crippen LogP contribution >= 0.6 is 0 Å². The first-order valence-corrected chi connectivity index (χ1v) is 6.88. The molecule has 3 atom stereocenters. The summed E-state index contributed by atoms with van der Waals surface area (Å²) in [5.74, 6) is 0.491. The number of ether oxygens (including phenoxy) is 1. The first-order chi connectivity index (χ1) is 8.14. The number of rotatable bonds is 4. The topological polar surface area (TPSA) is 58.7 Å². The van der Waals surface area contributed by atoms with Crippen molar-refractivity contribution in [1.82, 2.24) is 4.90 Å². The molecule has 2 fully saturated rings. The minimum absolute atomic E-state index is 0.136. The zero-order valence-corrected chi connectivity index (χ0v) is 10.9. The average Bonchev–Trinajstić information content (AvgIpc) is 2.69. The van der Waals surface area contributed by atoms with Crippen molar-refractivity contribution in [2.24, 2.45) is 11.7 Å². The number of morpholine rings is 1. The Kier molecular flexibility index (Phi) is 4.42. The van der Waals surface area contributed by atoms with Crippen molar-refractivity contribution in [3.63, 3.8) is 0 Å². The molecule has 4 nitrogen and oxygen atoms in total. The number of aliphatic hydroxyl groups is 1. The van der Waals surface area contributed by atoms with E-state index >= 15 is 0 Å². The summed E-state index contributed by atoms with van der Waals surface area (Å²) in [6.07, 6.45) is 4.79. The van der Waals surface area contributed by atoms with Crippen LogP contribution in [0.3, 0.4) is 0 Å². The quantitative estimate of drug-likeness (QED) is 0.757. The summed E-state index contributed by atoms with van der Waals surface area (Å²) in [5.41, 5.74) is 5.94. The van der Waals surface area contributed by atoms with E-state index in [1.54, 1.807) is 0 Å². The molecule has 4 heteroatoms. The normalized spacial score (nSPS) is 39.7. The number of nitrogens with zero attached hydrogens (tertiary/aromatic N) is 1. The molecule has 3 unspecified atom stereocenters. The van der Waals surface area contributed by atoms with Crippen molar-refractivity contribution >= 4 is 0 Å². The van der Waals surface area contributed by atoms with Crippen molar-refractivity contribution < 1.29 is 9.84 Å². The van der Waals surface area contributed by atoms with E-state index in [-0.39, 0.29) is 12.1 Å². The van der Waals surface area contributed by atoms with E-state index in [2.05, 4.69) is 11.8 Å². The van der Waals surface area contributed by atoms with Gasteiger partial charge in [0.2, 0.25) is 0 Å². The third kappa shape index (κ3) is 3.19. The van der Waals surface area contributed by atoms with Gasteiger partial charge in [0.15, 0.2) is 0 Å². The van der Waals surface area contributed by atoms with Crippen molar-refractivity contribution in [2.45, 2.75) is 44.2 Å². The van der Waals surface area contributed by atoms with Gasteiger partial charge in [-0.05, 0) is 38.6 Å². The van der Waals surface area contributed by atoms with E-state index in [0.717, 1.165) is 39.1 Å². The Bertz CT molecular complexity index is 250. The second-order valence-electron chi connectivity index (χ2n) is 5.75. The third-order valence-electron chi connectivity index (χ3n) is 4.42. The summed E-state index contributed by atoms with van der Waals surface area (Å²) in [6, 6.07) is 0. The minimum atomic E-state index is -0.308. The molecule has 1 aliphatic carbocycles. The molecule has 1 saturated heterocycles. The molecule has 0 aromatic carbocycles. The highest BCUT2D eigenvalue weighted by molar-refractivity contribution is 4.96. The van der Waals surface area contributed by atoms with Crippen molar-refractivity contribution in [1.29, 1.82) is 0 Å². The molecule has 100 valence electrons. The molecule has 2 aliphatic rings. The van der Waals surface area contributed by atoms with Crippen molar-refractivity contribution in [2.75, 3.05) is 32.8 Å². The Hall–Kier alpha value is -0.160. The standard InChI is InChI=1S/C13H26N2O2/c1-11-9-15(7-8-17-11)6-4-12-3-2-5-13(12,14)10-16/h11-12,16H,2-10,14H2,1H3. The lowest BCUT2D eigenvalue weighted by atomic mass is 9.86. The molecule has 1 aliphatic heterocycles. The molecule has 2 rings (SSSR count). The highest BCUT2D eigenvalue weighted by Gasteiger charge is 2.38. The summed E-state index contributed by atoms with van der Waals surface area (Å²) in [5, 5.41) is 9.42. The highest BCUT2D eigenvalue weighted by atomic mass is 16.5. The van der Waals surface area contributed by atoms with Crippen LogP contribution in [0.15, 0.2) is 0 Å². The second kappa shape index (κ2) is 5.65. The molecule has 0 aromatic rings. The summed E-state index contributed by atoms with van der Waals surface area (Å²) >= 11 is 0. The molecule has 0 amide bonds. The molecule has 1 heterocycles. The Morgan fingerprint density at radius 1 is 1.53 bits per heavy atom. The van der Waals surface area contributed by atoms with Crippen molar-refractivity contribution in [3.8, 4) is 0 Å². The highest BCUT2D eigenvalue weighted by Crippen LogP contribution is 2.35. The first-order valence-electron chi connectivity index (χ1n) is 6.88. The monoisotopic (exact) mass is 242 g/mol. The predicted molar refractivity (Wildman–Crippen MR) is 67.8 cm³/mol. The maximum atomic E-state index is 9.42. The van der Waals surface area contributed by atoms with E-state index in [1.807, 2.05) is 0 Å². The smallest absolute Gasteiger partial charge is 0.0674 e. The van der Waals surface area contributed by atoms with Crippen LogP contribution in [0.1, 0.15) is 32.6 Å². The molecule has 0 bridgehead atoms. The Labute approximate surface area is 104 Å². The minimum Gasteiger partial charge on any atom is -0.394 e. The molecule has 17 heavy (non-hydrogen) atoms. The van der Waals surface area contributed by atoms with Crippen LogP contribution < -0.4 is 5.73 Å². The lowest BCUT2D eigenvalue weighted by Gasteiger charge is -2.34. The van der Waals surface area contributed by atoms with Gasteiger partial charge in [-0.15, -0.1) is 0 Å². The van der Waals surface area contributed by atoms with Gasteiger partial charge in [-0.25, -0.2) is 0 Å². The summed E-state index contributed by atoms with van der Waals surface area (Å²) in [7, 11) is 0. The molecular weight excluding hydrogens is 216 g/mol. The lowest BCUT2D eigenvalue weighted by molar-refractivity contribution is -0.0208. The van der Waals surface area contributed by atoms with Gasteiger partial charge >= 0.3 is 0 Å². The van der Waals surface area contributed by atoms with Crippen LogP contribution in [0, 0.1) is 5.92 Å². The Morgan fingerprint density at radius 2 is 2.35 bits per heavy atom. The summed E-state index contributed by atoms with van der Waals surface area (Å²) in [4.78, 5) is 2.46. The zero-order chi connectivity index (χ0) is 12.3. The van der Waals surface area contributed by atoms with Gasteiger partial charge in [-0.3, -0.25) is 4.90 Å². The Morgan fingerprint density at radius 3 is 3.06 bits per heavy atom. The number of aliphatic hydroxyl groups excluding tert-OH is 1. The fraction of sp³-hybridized carbons (Fsp3) is 1.00. The molecular formula is C13H26N2O2. The van der Waals surface area contributed by atoms with Crippen LogP contribution in [0.5, 0.6) is 0 Å². The maximum Gasteiger partial charge on any atom is 0.0674 e. The average molecular weight is 242 g/mol. The van der Waals surface area contributed by atoms with Crippen LogP contribution in [-0.2, 0) is 4.74 Å². The number of nitrogens with two attached hydrogens (primary N) is 1. The van der Waals surface area contributed by atoms with E-state index < -0.39 is 0 Å². The van der Waals surface area contributed by atoms with Crippen LogP contribution in [0.4, 0.5) is 0 Å². The van der Waals surface area contributed by atoms with Crippen LogP contribution in [0.2, 0.25) is 0 Å². The largest absolute Gasteiger partial charge is 0.394 e. The second-order valence-corrected chi connectivity index (χ2v) is 5.75. The molecule has 3 N–H and O–H groups in total. The summed E-state index contributed by atoms with van der Waals surface area (Å²) < 4.78 is 5.54. The maximum absolute atomic E-state index is 9.42. The molecule has 0 aromatic heterocycles. The lowest BCUT2D eigenvalue weighted by Crippen LogP contribution is -2.48. The van der Waals surface area contributed by atoms with E-state index in [0.29, 0.717) is 12.0 Å². The van der Waals surface area contributed by atoms with Gasteiger partial charge in [0, 0.05) is 18.6 Å². The van der Waals surface area contributed by atoms with Gasteiger partial charge in [0.1, 0.15) is 0 Å². The number of hydrogen-bond acceptors (Lipinski definition) is 4. The van der Waals surface area contributed by atoms with Gasteiger partial charge in [0.25, 0.3) is 0 Å². The zero-order valence-electron chi connectivity index (χ0n) is 10.9. The predicted octanol–water partition coefficient (Wildman–Crippen LogP) is 0.587. The first kappa shape index (κ1) is 13.3. The molecule has 1 saturated carbocycles. The Balaban J connectivity index is 1.77. The SMILES string of the molecule is CC1CN(CCC2CCCC2(N)CO)CCO1. The van der Waals surface area contributed by atoms with Gasteiger partial charge in [-0.2, -0.15) is 0 Å².